The summed E-state index contributed by atoms with van der Waals surface area (Å²) in [4.78, 5) is 0. The third kappa shape index (κ3) is 5.85. The quantitative estimate of drug-likeness (QED) is 0.174. The van der Waals surface area contributed by atoms with Gasteiger partial charge in [0.2, 0.25) is 0 Å². The molecule has 0 N–H and O–H groups in total. The molecule has 8 aromatic carbocycles. The lowest BCUT2D eigenvalue weighted by atomic mass is 9.96. The molecule has 0 saturated heterocycles. The first-order valence-electron chi connectivity index (χ1n) is 19.1. The fourth-order valence-electron chi connectivity index (χ4n) is 8.47. The van der Waals surface area contributed by atoms with Gasteiger partial charge in [0, 0.05) is 27.1 Å². The predicted octanol–water partition coefficient (Wildman–Crippen LogP) is 13.5. The summed E-state index contributed by atoms with van der Waals surface area (Å²) >= 11 is 0. The van der Waals surface area contributed by atoms with Gasteiger partial charge in [0.25, 0.3) is 0 Å². The van der Waals surface area contributed by atoms with Gasteiger partial charge >= 0.3 is 6.18 Å². The van der Waals surface area contributed by atoms with E-state index in [0.717, 1.165) is 71.9 Å². The molecule has 0 saturated carbocycles. The molecule has 2 heterocycles. The fourth-order valence-corrected chi connectivity index (χ4v) is 8.47. The molecule has 0 aliphatic heterocycles. The molecule has 0 fully saturated rings. The maximum Gasteiger partial charge on any atom is 0.416 e. The Hall–Kier alpha value is -8.38. The zero-order valence-electron chi connectivity index (χ0n) is 31.5. The van der Waals surface area contributed by atoms with Crippen LogP contribution in [0.1, 0.15) is 22.3 Å². The number of alkyl halides is 3. The van der Waals surface area contributed by atoms with Crippen LogP contribution in [0.5, 0.6) is 0 Å². The highest BCUT2D eigenvalue weighted by atomic mass is 19.4. The minimum absolute atomic E-state index is 0.319. The van der Waals surface area contributed by atoms with Gasteiger partial charge in [0.1, 0.15) is 0 Å². The Balaban J connectivity index is 1.35. The van der Waals surface area contributed by atoms with Crippen LogP contribution >= 0.6 is 0 Å². The Labute approximate surface area is 341 Å². The van der Waals surface area contributed by atoms with Crippen molar-refractivity contribution in [2.75, 3.05) is 0 Å². The minimum Gasteiger partial charge on any atom is -0.308 e. The Bertz CT molecular complexity index is 3300. The Kier molecular flexibility index (Phi) is 8.35. The van der Waals surface area contributed by atoms with E-state index in [1.807, 2.05) is 106 Å². The van der Waals surface area contributed by atoms with E-state index in [9.17, 15) is 29.0 Å². The number of hydrogen-bond donors (Lipinski definition) is 0. The molecule has 0 radical (unpaired) electrons. The zero-order valence-corrected chi connectivity index (χ0v) is 31.5. The monoisotopic (exact) mass is 779 g/mol. The van der Waals surface area contributed by atoms with Crippen LogP contribution in [-0.4, -0.2) is 9.13 Å². The predicted molar refractivity (Wildman–Crippen MR) is 231 cm³/mol. The SMILES string of the molecule is N#Cc1ccc(-c2ccc3c4ccccc4n(-c4cc(C#N)cc(-n5c6ccccc6c6ccc(-c7ccc(C#N)cc7)cc65)c4-c4cccc(C(F)(F)F)c4)c3c2)cc1. The van der Waals surface area contributed by atoms with Gasteiger partial charge in [0.15, 0.2) is 0 Å². The summed E-state index contributed by atoms with van der Waals surface area (Å²) in [5, 5.41) is 33.4. The molecular formula is C52H28F3N5. The van der Waals surface area contributed by atoms with E-state index in [4.69, 9.17) is 0 Å². The highest BCUT2D eigenvalue weighted by Gasteiger charge is 2.32. The molecule has 10 aromatic rings. The average Bonchev–Trinajstić information content (AvgIpc) is 3.80. The first-order chi connectivity index (χ1) is 29.2. The maximum atomic E-state index is 14.6. The smallest absolute Gasteiger partial charge is 0.308 e. The number of para-hydroxylation sites is 2. The first kappa shape index (κ1) is 36.0. The number of hydrogen-bond acceptors (Lipinski definition) is 3. The number of benzene rings is 8. The lowest BCUT2D eigenvalue weighted by molar-refractivity contribution is -0.137. The van der Waals surface area contributed by atoms with Crippen LogP contribution in [0.3, 0.4) is 0 Å². The molecular weight excluding hydrogens is 752 g/mol. The van der Waals surface area contributed by atoms with E-state index in [2.05, 4.69) is 30.3 Å². The van der Waals surface area contributed by atoms with Crippen LogP contribution in [0.15, 0.2) is 170 Å². The number of nitriles is 3. The molecule has 282 valence electrons. The summed E-state index contributed by atoms with van der Waals surface area (Å²) in [5.41, 5.74) is 9.21. The molecule has 0 aliphatic carbocycles. The molecule has 0 bridgehead atoms. The van der Waals surface area contributed by atoms with Crippen molar-refractivity contribution in [3.63, 3.8) is 0 Å². The van der Waals surface area contributed by atoms with Crippen molar-refractivity contribution >= 4 is 43.6 Å². The van der Waals surface area contributed by atoms with Crippen molar-refractivity contribution in [2.45, 2.75) is 6.18 Å². The van der Waals surface area contributed by atoms with Crippen LogP contribution in [0.4, 0.5) is 13.2 Å². The van der Waals surface area contributed by atoms with Crippen molar-refractivity contribution in [1.29, 1.82) is 15.8 Å². The van der Waals surface area contributed by atoms with Gasteiger partial charge in [-0.15, -0.1) is 0 Å². The van der Waals surface area contributed by atoms with E-state index >= 15 is 0 Å². The molecule has 5 nitrogen and oxygen atoms in total. The van der Waals surface area contributed by atoms with Crippen molar-refractivity contribution in [3.05, 3.63) is 192 Å². The molecule has 2 aromatic heterocycles. The van der Waals surface area contributed by atoms with Crippen LogP contribution in [-0.2, 0) is 6.18 Å². The van der Waals surface area contributed by atoms with Crippen LogP contribution in [0, 0.1) is 34.0 Å². The van der Waals surface area contributed by atoms with Gasteiger partial charge in [0.05, 0.1) is 73.9 Å². The minimum atomic E-state index is -4.62. The molecule has 60 heavy (non-hydrogen) atoms. The number of rotatable bonds is 5. The Morgan fingerprint density at radius 2 is 0.800 bits per heavy atom. The van der Waals surface area contributed by atoms with Gasteiger partial charge < -0.3 is 9.13 Å². The Morgan fingerprint density at radius 3 is 1.25 bits per heavy atom. The largest absolute Gasteiger partial charge is 0.416 e. The van der Waals surface area contributed by atoms with E-state index in [1.165, 1.54) is 12.1 Å². The Morgan fingerprint density at radius 1 is 0.367 bits per heavy atom. The molecule has 0 amide bonds. The van der Waals surface area contributed by atoms with Crippen molar-refractivity contribution in [3.8, 4) is 63.0 Å². The molecule has 0 spiro atoms. The van der Waals surface area contributed by atoms with Crippen LogP contribution in [0.2, 0.25) is 0 Å². The van der Waals surface area contributed by atoms with Crippen LogP contribution < -0.4 is 0 Å². The normalized spacial score (nSPS) is 11.5. The van der Waals surface area contributed by atoms with E-state index < -0.39 is 11.7 Å². The molecule has 10 rings (SSSR count). The molecule has 0 aliphatic rings. The van der Waals surface area contributed by atoms with Gasteiger partial charge in [-0.2, -0.15) is 29.0 Å². The summed E-state index contributed by atoms with van der Waals surface area (Å²) in [6.45, 7) is 0. The number of fused-ring (bicyclic) bond motifs is 6. The molecule has 8 heteroatoms. The summed E-state index contributed by atoms with van der Waals surface area (Å²) in [6, 6.07) is 58.2. The van der Waals surface area contributed by atoms with E-state index in [0.29, 0.717) is 39.2 Å². The van der Waals surface area contributed by atoms with Gasteiger partial charge in [-0.05, 0) is 101 Å². The van der Waals surface area contributed by atoms with Crippen molar-refractivity contribution < 1.29 is 13.2 Å². The standard InChI is InChI=1S/C52H28F3N5/c53-52(54,55)40-7-5-6-39(26-40)51-49(59-45-10-3-1-8-41(45)43-22-20-37(27-47(43)59)35-16-12-32(29-56)13-17-35)24-34(31-58)25-50(51)60-46-11-4-2-9-42(46)44-23-21-38(28-48(44)60)36-18-14-33(30-57)15-19-36/h1-28H. The first-order valence-corrected chi connectivity index (χ1v) is 19.1. The summed E-state index contributed by atoms with van der Waals surface area (Å²) in [6.07, 6.45) is -4.62. The number of nitrogens with zero attached hydrogens (tertiary/aromatic N) is 5. The lowest BCUT2D eigenvalue weighted by Gasteiger charge is -2.21. The zero-order chi connectivity index (χ0) is 41.1. The highest BCUT2D eigenvalue weighted by Crippen LogP contribution is 2.45. The fraction of sp³-hybridized carbons (Fsp3) is 0.0192. The maximum absolute atomic E-state index is 14.6. The van der Waals surface area contributed by atoms with Crippen LogP contribution in [0.25, 0.3) is 88.4 Å². The van der Waals surface area contributed by atoms with Crippen molar-refractivity contribution in [1.82, 2.24) is 9.13 Å². The molecule has 0 atom stereocenters. The van der Waals surface area contributed by atoms with Gasteiger partial charge in [-0.1, -0.05) is 97.1 Å². The number of halogens is 3. The van der Waals surface area contributed by atoms with E-state index in [1.54, 1.807) is 42.5 Å². The van der Waals surface area contributed by atoms with E-state index in [-0.39, 0.29) is 0 Å². The average molecular weight is 780 g/mol. The number of aromatic nitrogens is 2. The van der Waals surface area contributed by atoms with Gasteiger partial charge in [-0.3, -0.25) is 0 Å². The molecule has 0 unspecified atom stereocenters. The van der Waals surface area contributed by atoms with Gasteiger partial charge in [-0.25, -0.2) is 0 Å². The second-order valence-electron chi connectivity index (χ2n) is 14.6. The second-order valence-corrected chi connectivity index (χ2v) is 14.6. The third-order valence-corrected chi connectivity index (χ3v) is 11.2. The topological polar surface area (TPSA) is 81.2 Å². The summed E-state index contributed by atoms with van der Waals surface area (Å²) in [5.74, 6) is 0. The third-order valence-electron chi connectivity index (χ3n) is 11.2. The van der Waals surface area contributed by atoms with Crippen molar-refractivity contribution in [2.24, 2.45) is 0 Å². The second kappa shape index (κ2) is 13.9. The lowest BCUT2D eigenvalue weighted by Crippen LogP contribution is -2.07. The summed E-state index contributed by atoms with van der Waals surface area (Å²) < 4.78 is 47.9. The summed E-state index contributed by atoms with van der Waals surface area (Å²) in [7, 11) is 0. The highest BCUT2D eigenvalue weighted by molar-refractivity contribution is 6.13.